The molecule has 0 aromatic heterocycles. The van der Waals surface area contributed by atoms with E-state index in [1.165, 1.54) is 11.8 Å². The number of likely N-dealkylation sites (tertiary alicyclic amines) is 1. The summed E-state index contributed by atoms with van der Waals surface area (Å²) < 4.78 is 0. The number of carboxylic acid groups (broad SMARTS) is 1. The molecular formula is C31H48N6O7. The van der Waals surface area contributed by atoms with Crippen LogP contribution in [0.4, 0.5) is 0 Å². The van der Waals surface area contributed by atoms with Crippen LogP contribution in [0.1, 0.15) is 65.9 Å². The summed E-state index contributed by atoms with van der Waals surface area (Å²) in [5.41, 5.74) is 6.70. The average Bonchev–Trinajstić information content (AvgIpc) is 3.51. The van der Waals surface area contributed by atoms with Crippen molar-refractivity contribution in [2.75, 3.05) is 13.1 Å². The summed E-state index contributed by atoms with van der Waals surface area (Å²) in [5, 5.41) is 20.0. The molecule has 0 bridgehead atoms. The molecule has 1 aliphatic rings. The Kier molecular flexibility index (Phi) is 14.3. The molecule has 7 N–H and O–H groups in total. The number of rotatable bonds is 16. The summed E-state index contributed by atoms with van der Waals surface area (Å²) in [6.45, 7) is 8.66. The van der Waals surface area contributed by atoms with Crippen molar-refractivity contribution < 1.29 is 33.9 Å². The number of carbonyl (C=O) groups is 6. The third-order valence-electron chi connectivity index (χ3n) is 8.27. The number of aliphatic carboxylic acids is 1. The monoisotopic (exact) mass is 616 g/mol. The van der Waals surface area contributed by atoms with Crippen molar-refractivity contribution in [3.05, 3.63) is 35.9 Å². The number of carbonyl (C=O) groups excluding carboxylic acids is 5. The van der Waals surface area contributed by atoms with Crippen LogP contribution in [0, 0.1) is 11.8 Å². The number of carboxylic acids is 1. The Bertz CT molecular complexity index is 1160. The van der Waals surface area contributed by atoms with Gasteiger partial charge < -0.3 is 37.0 Å². The zero-order valence-electron chi connectivity index (χ0n) is 26.3. The first kappa shape index (κ1) is 36.2. The molecule has 7 unspecified atom stereocenters. The summed E-state index contributed by atoms with van der Waals surface area (Å²) in [5.74, 6) is -4.30. The van der Waals surface area contributed by atoms with Crippen molar-refractivity contribution in [2.45, 2.75) is 96.9 Å². The lowest BCUT2D eigenvalue weighted by Gasteiger charge is -2.30. The van der Waals surface area contributed by atoms with Crippen molar-refractivity contribution in [3.8, 4) is 0 Å². The average molecular weight is 617 g/mol. The maximum atomic E-state index is 13.6. The van der Waals surface area contributed by atoms with Gasteiger partial charge in [0, 0.05) is 13.0 Å². The fourth-order valence-electron chi connectivity index (χ4n) is 4.93. The van der Waals surface area contributed by atoms with Gasteiger partial charge in [-0.15, -0.1) is 0 Å². The Morgan fingerprint density at radius 3 is 2.14 bits per heavy atom. The number of nitrogens with two attached hydrogens (primary N) is 1. The largest absolute Gasteiger partial charge is 0.480 e. The van der Waals surface area contributed by atoms with E-state index in [9.17, 15) is 33.9 Å². The van der Waals surface area contributed by atoms with E-state index in [0.29, 0.717) is 25.7 Å². The molecule has 2 rings (SSSR count). The molecule has 44 heavy (non-hydrogen) atoms. The molecule has 0 radical (unpaired) electrons. The van der Waals surface area contributed by atoms with Gasteiger partial charge >= 0.3 is 5.97 Å². The SMILES string of the molecule is CCC(C)C(N)C(=O)NC(C)C(=O)NCC(=O)NC(C(=O)NC(Cc1ccccc1)C(=O)N1CCCC1C(=O)O)C(C)CC. The highest BCUT2D eigenvalue weighted by Crippen LogP contribution is 2.20. The van der Waals surface area contributed by atoms with Crippen LogP contribution in [0.25, 0.3) is 0 Å². The number of hydrogen-bond acceptors (Lipinski definition) is 7. The van der Waals surface area contributed by atoms with Crippen molar-refractivity contribution >= 4 is 35.5 Å². The topological polar surface area (TPSA) is 200 Å². The van der Waals surface area contributed by atoms with Gasteiger partial charge in [-0.1, -0.05) is 70.9 Å². The van der Waals surface area contributed by atoms with Gasteiger partial charge in [-0.3, -0.25) is 24.0 Å². The van der Waals surface area contributed by atoms with E-state index >= 15 is 0 Å². The van der Waals surface area contributed by atoms with Crippen LogP contribution >= 0.6 is 0 Å². The molecule has 13 nitrogen and oxygen atoms in total. The van der Waals surface area contributed by atoms with Crippen LogP contribution in [0.15, 0.2) is 30.3 Å². The van der Waals surface area contributed by atoms with Gasteiger partial charge in [0.05, 0.1) is 12.6 Å². The molecule has 0 saturated carbocycles. The zero-order valence-corrected chi connectivity index (χ0v) is 26.3. The number of hydrogen-bond donors (Lipinski definition) is 6. The molecule has 0 spiro atoms. The minimum atomic E-state index is -1.10. The highest BCUT2D eigenvalue weighted by Gasteiger charge is 2.39. The van der Waals surface area contributed by atoms with E-state index in [4.69, 9.17) is 5.73 Å². The molecule has 1 heterocycles. The molecule has 1 aromatic rings. The summed E-state index contributed by atoms with van der Waals surface area (Å²) in [6, 6.07) is 4.28. The maximum absolute atomic E-state index is 13.6. The molecule has 13 heteroatoms. The van der Waals surface area contributed by atoms with Gasteiger partial charge in [-0.25, -0.2) is 4.79 Å². The smallest absolute Gasteiger partial charge is 0.326 e. The minimum Gasteiger partial charge on any atom is -0.480 e. The number of benzene rings is 1. The number of amides is 5. The second-order valence-corrected chi connectivity index (χ2v) is 11.6. The third kappa shape index (κ3) is 10.3. The zero-order chi connectivity index (χ0) is 33.0. The molecule has 1 saturated heterocycles. The summed E-state index contributed by atoms with van der Waals surface area (Å²) in [7, 11) is 0. The van der Waals surface area contributed by atoms with Crippen molar-refractivity contribution in [2.24, 2.45) is 17.6 Å². The van der Waals surface area contributed by atoms with Gasteiger partial charge in [0.15, 0.2) is 0 Å². The molecule has 0 aliphatic carbocycles. The molecule has 5 amide bonds. The predicted octanol–water partition coefficient (Wildman–Crippen LogP) is 0.315. The second kappa shape index (κ2) is 17.3. The summed E-state index contributed by atoms with van der Waals surface area (Å²) in [6.07, 6.45) is 2.23. The van der Waals surface area contributed by atoms with Crippen LogP contribution in [0.3, 0.4) is 0 Å². The van der Waals surface area contributed by atoms with Crippen LogP contribution in [0.5, 0.6) is 0 Å². The Hall–Kier alpha value is -4.00. The lowest BCUT2D eigenvalue weighted by Crippen LogP contribution is -2.58. The van der Waals surface area contributed by atoms with Crippen molar-refractivity contribution in [3.63, 3.8) is 0 Å². The Balaban J connectivity index is 2.10. The fourth-order valence-corrected chi connectivity index (χ4v) is 4.93. The molecule has 1 aliphatic heterocycles. The van der Waals surface area contributed by atoms with Crippen molar-refractivity contribution in [1.29, 1.82) is 0 Å². The van der Waals surface area contributed by atoms with Crippen LogP contribution in [0.2, 0.25) is 0 Å². The summed E-state index contributed by atoms with van der Waals surface area (Å²) >= 11 is 0. The summed E-state index contributed by atoms with van der Waals surface area (Å²) in [4.78, 5) is 77.9. The lowest BCUT2D eigenvalue weighted by molar-refractivity contribution is -0.149. The second-order valence-electron chi connectivity index (χ2n) is 11.6. The van der Waals surface area contributed by atoms with E-state index in [0.717, 1.165) is 5.56 Å². The number of nitrogens with zero attached hydrogens (tertiary/aromatic N) is 1. The maximum Gasteiger partial charge on any atom is 0.326 e. The minimum absolute atomic E-state index is 0.0730. The van der Waals surface area contributed by atoms with Gasteiger partial charge in [-0.2, -0.15) is 0 Å². The first-order valence-corrected chi connectivity index (χ1v) is 15.3. The van der Waals surface area contributed by atoms with Crippen LogP contribution in [-0.2, 0) is 35.2 Å². The van der Waals surface area contributed by atoms with Gasteiger partial charge in [0.2, 0.25) is 29.5 Å². The highest BCUT2D eigenvalue weighted by atomic mass is 16.4. The van der Waals surface area contributed by atoms with E-state index in [2.05, 4.69) is 21.3 Å². The van der Waals surface area contributed by atoms with Gasteiger partial charge in [0.25, 0.3) is 0 Å². The van der Waals surface area contributed by atoms with Crippen LogP contribution < -0.4 is 27.0 Å². The number of nitrogens with one attached hydrogen (secondary N) is 4. The predicted molar refractivity (Wildman–Crippen MR) is 164 cm³/mol. The molecule has 1 fully saturated rings. The third-order valence-corrected chi connectivity index (χ3v) is 8.27. The van der Waals surface area contributed by atoms with Gasteiger partial charge in [-0.05, 0) is 37.2 Å². The fraction of sp³-hybridized carbons (Fsp3) is 0.613. The molecular weight excluding hydrogens is 568 g/mol. The van der Waals surface area contributed by atoms with E-state index in [1.54, 1.807) is 19.1 Å². The van der Waals surface area contributed by atoms with Crippen LogP contribution in [-0.4, -0.2) is 88.8 Å². The Morgan fingerprint density at radius 1 is 0.909 bits per heavy atom. The van der Waals surface area contributed by atoms with Crippen molar-refractivity contribution in [1.82, 2.24) is 26.2 Å². The Morgan fingerprint density at radius 2 is 1.55 bits per heavy atom. The molecule has 1 aromatic carbocycles. The first-order valence-electron chi connectivity index (χ1n) is 15.3. The molecule has 7 atom stereocenters. The standard InChI is InChI=1S/C31H48N6O7/c1-6-18(3)25(32)28(40)34-20(5)27(39)33-17-24(38)36-26(19(4)7-2)29(41)35-22(16-21-12-9-8-10-13-21)30(42)37-15-11-14-23(37)31(43)44/h8-10,12-13,18-20,22-23,25-26H,6-7,11,14-17,32H2,1-5H3,(H,33,39)(H,34,40)(H,35,41)(H,36,38)(H,43,44). The van der Waals surface area contributed by atoms with Gasteiger partial charge in [0.1, 0.15) is 24.2 Å². The quantitative estimate of drug-likeness (QED) is 0.152. The molecule has 244 valence electrons. The Labute approximate surface area is 259 Å². The normalized spacial score (nSPS) is 18.6. The highest BCUT2D eigenvalue weighted by molar-refractivity contribution is 5.95. The van der Waals surface area contributed by atoms with E-state index in [1.807, 2.05) is 39.0 Å². The van der Waals surface area contributed by atoms with E-state index in [-0.39, 0.29) is 24.8 Å². The first-order chi connectivity index (χ1) is 20.8. The lowest BCUT2D eigenvalue weighted by atomic mass is 9.97. The van der Waals surface area contributed by atoms with E-state index < -0.39 is 72.3 Å².